The summed E-state index contributed by atoms with van der Waals surface area (Å²) in [4.78, 5) is 0. The lowest BCUT2D eigenvalue weighted by molar-refractivity contribution is 0.334. The fourth-order valence-corrected chi connectivity index (χ4v) is 4.00. The van der Waals surface area contributed by atoms with Crippen molar-refractivity contribution >= 4 is 9.84 Å². The minimum Gasteiger partial charge on any atom is -0.313 e. The molecule has 0 heterocycles. The molecule has 4 heteroatoms. The van der Waals surface area contributed by atoms with Crippen LogP contribution in [0.1, 0.15) is 49.7 Å². The SMILES string of the molecule is CS(=O)(=O)Cc1ccccc1CNCCC1CCCCC1. The lowest BCUT2D eigenvalue weighted by Crippen LogP contribution is -2.20. The quantitative estimate of drug-likeness (QED) is 0.786. The van der Waals surface area contributed by atoms with Crippen molar-refractivity contribution in [3.05, 3.63) is 35.4 Å². The van der Waals surface area contributed by atoms with E-state index in [0.717, 1.165) is 30.1 Å². The first-order valence-electron chi connectivity index (χ1n) is 8.00. The minimum absolute atomic E-state index is 0.132. The van der Waals surface area contributed by atoms with Crippen molar-refractivity contribution < 1.29 is 8.42 Å². The summed E-state index contributed by atoms with van der Waals surface area (Å²) in [6, 6.07) is 7.82. The molecule has 1 N–H and O–H groups in total. The molecule has 1 saturated carbocycles. The number of hydrogen-bond donors (Lipinski definition) is 1. The van der Waals surface area contributed by atoms with Crippen molar-refractivity contribution in [2.75, 3.05) is 12.8 Å². The Balaban J connectivity index is 1.79. The normalized spacial score (nSPS) is 17.0. The summed E-state index contributed by atoms with van der Waals surface area (Å²) >= 11 is 0. The summed E-state index contributed by atoms with van der Waals surface area (Å²) in [5.41, 5.74) is 2.02. The van der Waals surface area contributed by atoms with Crippen molar-refractivity contribution in [1.29, 1.82) is 0 Å². The molecule has 118 valence electrons. The molecule has 3 nitrogen and oxygen atoms in total. The van der Waals surface area contributed by atoms with Crippen LogP contribution in [0.2, 0.25) is 0 Å². The van der Waals surface area contributed by atoms with E-state index in [0.29, 0.717) is 0 Å². The molecular formula is C17H27NO2S. The molecule has 0 bridgehead atoms. The van der Waals surface area contributed by atoms with Crippen LogP contribution in [0, 0.1) is 5.92 Å². The highest BCUT2D eigenvalue weighted by Crippen LogP contribution is 2.25. The average molecular weight is 309 g/mol. The molecule has 0 amide bonds. The van der Waals surface area contributed by atoms with Gasteiger partial charge in [0, 0.05) is 12.8 Å². The van der Waals surface area contributed by atoms with Crippen LogP contribution >= 0.6 is 0 Å². The molecule has 1 aromatic carbocycles. The highest BCUT2D eigenvalue weighted by molar-refractivity contribution is 7.89. The molecule has 0 aliphatic heterocycles. The molecule has 21 heavy (non-hydrogen) atoms. The molecule has 0 radical (unpaired) electrons. The van der Waals surface area contributed by atoms with E-state index in [2.05, 4.69) is 5.32 Å². The van der Waals surface area contributed by atoms with E-state index in [9.17, 15) is 8.42 Å². The van der Waals surface area contributed by atoms with E-state index < -0.39 is 9.84 Å². The van der Waals surface area contributed by atoms with Gasteiger partial charge in [0.25, 0.3) is 0 Å². The van der Waals surface area contributed by atoms with Gasteiger partial charge in [-0.2, -0.15) is 0 Å². The third-order valence-corrected chi connectivity index (χ3v) is 5.14. The molecule has 0 atom stereocenters. The van der Waals surface area contributed by atoms with Crippen molar-refractivity contribution in [2.45, 2.75) is 50.8 Å². The molecular weight excluding hydrogens is 282 g/mol. The number of sulfone groups is 1. The summed E-state index contributed by atoms with van der Waals surface area (Å²) in [7, 11) is -2.98. The van der Waals surface area contributed by atoms with Crippen molar-refractivity contribution in [3.63, 3.8) is 0 Å². The zero-order valence-electron chi connectivity index (χ0n) is 13.0. The van der Waals surface area contributed by atoms with Crippen LogP contribution in [0.25, 0.3) is 0 Å². The monoisotopic (exact) mass is 309 g/mol. The highest BCUT2D eigenvalue weighted by atomic mass is 32.2. The van der Waals surface area contributed by atoms with E-state index in [-0.39, 0.29) is 5.75 Å². The molecule has 1 aliphatic carbocycles. The van der Waals surface area contributed by atoms with Crippen LogP contribution in [0.5, 0.6) is 0 Å². The fraction of sp³-hybridized carbons (Fsp3) is 0.647. The van der Waals surface area contributed by atoms with Crippen LogP contribution < -0.4 is 5.32 Å². The topological polar surface area (TPSA) is 46.2 Å². The van der Waals surface area contributed by atoms with E-state index in [4.69, 9.17) is 0 Å². The Morgan fingerprint density at radius 1 is 1.10 bits per heavy atom. The molecule has 1 fully saturated rings. The van der Waals surface area contributed by atoms with Gasteiger partial charge in [-0.1, -0.05) is 56.4 Å². The molecule has 1 aromatic rings. The van der Waals surface area contributed by atoms with Gasteiger partial charge >= 0.3 is 0 Å². The first-order valence-corrected chi connectivity index (χ1v) is 10.1. The van der Waals surface area contributed by atoms with Gasteiger partial charge in [-0.15, -0.1) is 0 Å². The van der Waals surface area contributed by atoms with Gasteiger partial charge in [-0.25, -0.2) is 8.42 Å². The zero-order chi connectivity index (χ0) is 15.1. The lowest BCUT2D eigenvalue weighted by Gasteiger charge is -2.21. The Kier molecular flexibility index (Phi) is 6.24. The Hall–Kier alpha value is -0.870. The summed E-state index contributed by atoms with van der Waals surface area (Å²) in [6.45, 7) is 1.79. The number of rotatable bonds is 7. The summed E-state index contributed by atoms with van der Waals surface area (Å²) in [5, 5.41) is 3.48. The fourth-order valence-electron chi connectivity index (χ4n) is 3.16. The minimum atomic E-state index is -2.98. The van der Waals surface area contributed by atoms with Crippen LogP contribution in [-0.4, -0.2) is 21.2 Å². The van der Waals surface area contributed by atoms with Crippen LogP contribution in [0.3, 0.4) is 0 Å². The number of benzene rings is 1. The van der Waals surface area contributed by atoms with Crippen molar-refractivity contribution in [2.24, 2.45) is 5.92 Å². The standard InChI is InChI=1S/C17H27NO2S/c1-21(19,20)14-17-10-6-5-9-16(17)13-18-12-11-15-7-3-2-4-8-15/h5-6,9-10,15,18H,2-4,7-8,11-14H2,1H3. The molecule has 0 aromatic heterocycles. The third-order valence-electron chi connectivity index (χ3n) is 4.31. The Morgan fingerprint density at radius 2 is 1.76 bits per heavy atom. The second-order valence-corrected chi connectivity index (χ2v) is 8.45. The summed E-state index contributed by atoms with van der Waals surface area (Å²) < 4.78 is 22.9. The van der Waals surface area contributed by atoms with E-state index in [1.807, 2.05) is 24.3 Å². The molecule has 2 rings (SSSR count). The Morgan fingerprint density at radius 3 is 2.43 bits per heavy atom. The smallest absolute Gasteiger partial charge is 0.151 e. The first-order chi connectivity index (χ1) is 10.0. The highest BCUT2D eigenvalue weighted by Gasteiger charge is 2.13. The average Bonchev–Trinajstić information content (AvgIpc) is 2.45. The summed E-state index contributed by atoms with van der Waals surface area (Å²) in [6.07, 6.45) is 9.49. The maximum atomic E-state index is 11.5. The van der Waals surface area contributed by atoms with Gasteiger partial charge in [0.1, 0.15) is 0 Å². The van der Waals surface area contributed by atoms with Crippen molar-refractivity contribution in [1.82, 2.24) is 5.32 Å². The predicted octanol–water partition coefficient (Wildman–Crippen LogP) is 3.29. The van der Waals surface area contributed by atoms with Gasteiger partial charge < -0.3 is 5.32 Å². The van der Waals surface area contributed by atoms with Crippen LogP contribution in [0.4, 0.5) is 0 Å². The van der Waals surface area contributed by atoms with Crippen molar-refractivity contribution in [3.8, 4) is 0 Å². The van der Waals surface area contributed by atoms with Crippen LogP contribution in [0.15, 0.2) is 24.3 Å². The molecule has 0 spiro atoms. The van der Waals surface area contributed by atoms with Gasteiger partial charge in [-0.05, 0) is 30.0 Å². The first kappa shape index (κ1) is 16.5. The molecule has 1 aliphatic rings. The Bertz CT molecular complexity index is 533. The zero-order valence-corrected chi connectivity index (χ0v) is 13.8. The molecule has 0 unspecified atom stereocenters. The van der Waals surface area contributed by atoms with Crippen LogP contribution in [-0.2, 0) is 22.1 Å². The van der Waals surface area contributed by atoms with Gasteiger partial charge in [0.05, 0.1) is 5.75 Å². The largest absolute Gasteiger partial charge is 0.313 e. The van der Waals surface area contributed by atoms with Gasteiger partial charge in [-0.3, -0.25) is 0 Å². The van der Waals surface area contributed by atoms with E-state index >= 15 is 0 Å². The predicted molar refractivity (Wildman–Crippen MR) is 87.9 cm³/mol. The number of hydrogen-bond acceptors (Lipinski definition) is 3. The van der Waals surface area contributed by atoms with E-state index in [1.165, 1.54) is 44.8 Å². The maximum Gasteiger partial charge on any atom is 0.151 e. The summed E-state index contributed by atoms with van der Waals surface area (Å²) in [5.74, 6) is 1.02. The second kappa shape index (κ2) is 7.95. The molecule has 0 saturated heterocycles. The van der Waals surface area contributed by atoms with Gasteiger partial charge in [0.15, 0.2) is 9.84 Å². The Labute approximate surface area is 129 Å². The maximum absolute atomic E-state index is 11.5. The number of nitrogens with one attached hydrogen (secondary N) is 1. The second-order valence-electron chi connectivity index (χ2n) is 6.31. The van der Waals surface area contributed by atoms with E-state index in [1.54, 1.807) is 0 Å². The third kappa shape index (κ3) is 6.18. The van der Waals surface area contributed by atoms with Gasteiger partial charge in [0.2, 0.25) is 0 Å². The lowest BCUT2D eigenvalue weighted by atomic mass is 9.87.